The monoisotopic (exact) mass is 596 g/mol. The van der Waals surface area contributed by atoms with Crippen LogP contribution in [0.2, 0.25) is 0 Å². The van der Waals surface area contributed by atoms with Crippen LogP contribution in [-0.4, -0.2) is 9.97 Å². The minimum absolute atomic E-state index is 0.109. The largest absolute Gasteiger partial charge is 0.265 e. The second kappa shape index (κ2) is 14.1. The van der Waals surface area contributed by atoms with Gasteiger partial charge in [-0.05, 0) is 80.6 Å². The molecule has 0 aliphatic carbocycles. The molecule has 0 radical (unpaired) electrons. The number of aromatic nitrogens is 2. The van der Waals surface area contributed by atoms with Crippen molar-refractivity contribution in [2.45, 2.75) is 52.4 Å². The predicted molar refractivity (Wildman–Crippen MR) is 195 cm³/mol. The average Bonchev–Trinajstić information content (AvgIpc) is 3.05. The predicted octanol–water partition coefficient (Wildman–Crippen LogP) is 10.2. The molecule has 46 heavy (non-hydrogen) atoms. The molecule has 0 fully saturated rings. The number of rotatable bonds is 4. The van der Waals surface area contributed by atoms with Crippen LogP contribution in [0, 0.1) is 23.7 Å². The molecule has 0 saturated carbocycles. The molecular formula is C44H40N2. The maximum atomic E-state index is 4.14. The summed E-state index contributed by atoms with van der Waals surface area (Å²) in [6.45, 7) is 13.4. The van der Waals surface area contributed by atoms with Crippen LogP contribution in [0.25, 0.3) is 24.3 Å². The summed E-state index contributed by atoms with van der Waals surface area (Å²) in [5, 5.41) is 0. The van der Waals surface area contributed by atoms with Crippen LogP contribution in [0.1, 0.15) is 97.2 Å². The van der Waals surface area contributed by atoms with E-state index in [1.807, 2.05) is 24.3 Å². The second-order valence-corrected chi connectivity index (χ2v) is 13.4. The van der Waals surface area contributed by atoms with E-state index in [0.717, 1.165) is 44.5 Å². The molecule has 3 aromatic carbocycles. The summed E-state index contributed by atoms with van der Waals surface area (Å²) in [6.07, 6.45) is 15.6. The van der Waals surface area contributed by atoms with Gasteiger partial charge >= 0.3 is 0 Å². The van der Waals surface area contributed by atoms with Gasteiger partial charge in [0.05, 0.1) is 0 Å². The summed E-state index contributed by atoms with van der Waals surface area (Å²) in [5.74, 6) is 13.5. The van der Waals surface area contributed by atoms with Gasteiger partial charge in [0.25, 0.3) is 0 Å². The molecule has 2 nitrogen and oxygen atoms in total. The third-order valence-electron chi connectivity index (χ3n) is 7.73. The highest BCUT2D eigenvalue weighted by atomic mass is 14.6. The van der Waals surface area contributed by atoms with Crippen LogP contribution in [0.5, 0.6) is 0 Å². The number of benzene rings is 3. The van der Waals surface area contributed by atoms with Gasteiger partial charge in [-0.2, -0.15) is 0 Å². The molecule has 5 rings (SSSR count). The first-order chi connectivity index (χ1) is 22.0. The molecule has 2 heterocycles. The van der Waals surface area contributed by atoms with Crippen molar-refractivity contribution in [3.8, 4) is 23.7 Å². The zero-order valence-corrected chi connectivity index (χ0v) is 27.6. The van der Waals surface area contributed by atoms with E-state index in [9.17, 15) is 0 Å². The van der Waals surface area contributed by atoms with Crippen molar-refractivity contribution in [2.75, 3.05) is 0 Å². The minimum Gasteiger partial charge on any atom is -0.265 e. The molecule has 2 heteroatoms. The van der Waals surface area contributed by atoms with Crippen molar-refractivity contribution >= 4 is 24.3 Å². The van der Waals surface area contributed by atoms with Crippen LogP contribution >= 0.6 is 0 Å². The smallest absolute Gasteiger partial charge is 0.0328 e. The van der Waals surface area contributed by atoms with Crippen LogP contribution in [-0.2, 0) is 10.8 Å². The summed E-state index contributed by atoms with van der Waals surface area (Å²) < 4.78 is 0. The minimum atomic E-state index is 0.109. The Kier molecular flexibility index (Phi) is 9.81. The number of pyridine rings is 2. The standard InChI is InChI=1S/C44H40N2/c1-43(2,3)41-19-11-33(12-20-41)7-15-37-31-40(18-10-36-25-29-46-30-26-36)38(32-39(37)17-9-35-23-27-45-28-24-35)16-8-34-13-21-42(22-14-34)44(4,5)6/h7-8,11-16,19-32H,1-6H3/b15-7+,16-8+. The molecule has 0 bridgehead atoms. The first kappa shape index (κ1) is 32.0. The Labute approximate surface area is 275 Å². The molecule has 0 N–H and O–H groups in total. The van der Waals surface area contributed by atoms with Crippen molar-refractivity contribution in [2.24, 2.45) is 0 Å². The van der Waals surface area contributed by atoms with E-state index < -0.39 is 0 Å². The normalized spacial score (nSPS) is 11.6. The molecule has 0 saturated heterocycles. The molecule has 0 amide bonds. The van der Waals surface area contributed by atoms with Crippen LogP contribution in [0.15, 0.2) is 110 Å². The zero-order chi connectivity index (χ0) is 32.6. The molecule has 5 aromatic rings. The Morgan fingerprint density at radius 2 is 0.783 bits per heavy atom. The molecule has 0 spiro atoms. The quantitative estimate of drug-likeness (QED) is 0.152. The topological polar surface area (TPSA) is 25.8 Å². The fourth-order valence-electron chi connectivity index (χ4n) is 4.84. The highest BCUT2D eigenvalue weighted by Crippen LogP contribution is 2.26. The first-order valence-electron chi connectivity index (χ1n) is 15.6. The fourth-order valence-corrected chi connectivity index (χ4v) is 4.84. The Morgan fingerprint density at radius 1 is 0.435 bits per heavy atom. The third-order valence-corrected chi connectivity index (χ3v) is 7.73. The molecule has 0 unspecified atom stereocenters. The molecule has 226 valence electrons. The number of nitrogens with zero attached hydrogens (tertiary/aromatic N) is 2. The summed E-state index contributed by atoms with van der Waals surface area (Å²) in [6, 6.07) is 29.5. The third kappa shape index (κ3) is 8.81. The Bertz CT molecular complexity index is 1810. The van der Waals surface area contributed by atoms with Gasteiger partial charge in [-0.3, -0.25) is 9.97 Å². The highest BCUT2D eigenvalue weighted by Gasteiger charge is 2.13. The molecule has 2 aromatic heterocycles. The van der Waals surface area contributed by atoms with Gasteiger partial charge in [0.2, 0.25) is 0 Å². The van der Waals surface area contributed by atoms with Gasteiger partial charge in [0.1, 0.15) is 0 Å². The van der Waals surface area contributed by atoms with Gasteiger partial charge in [0.15, 0.2) is 0 Å². The van der Waals surface area contributed by atoms with E-state index in [1.54, 1.807) is 24.8 Å². The van der Waals surface area contributed by atoms with Gasteiger partial charge < -0.3 is 0 Å². The van der Waals surface area contributed by atoms with E-state index in [4.69, 9.17) is 0 Å². The molecular weight excluding hydrogens is 556 g/mol. The van der Waals surface area contributed by atoms with Crippen molar-refractivity contribution in [1.29, 1.82) is 0 Å². The average molecular weight is 597 g/mol. The maximum absolute atomic E-state index is 4.14. The van der Waals surface area contributed by atoms with Crippen molar-refractivity contribution < 1.29 is 0 Å². The van der Waals surface area contributed by atoms with Gasteiger partial charge in [0, 0.05) is 47.0 Å². The van der Waals surface area contributed by atoms with E-state index in [0.29, 0.717) is 0 Å². The van der Waals surface area contributed by atoms with Gasteiger partial charge in [-0.1, -0.05) is 138 Å². The van der Waals surface area contributed by atoms with Crippen molar-refractivity contribution in [1.82, 2.24) is 9.97 Å². The second-order valence-electron chi connectivity index (χ2n) is 13.4. The van der Waals surface area contributed by atoms with Crippen LogP contribution < -0.4 is 0 Å². The van der Waals surface area contributed by atoms with Crippen molar-refractivity contribution in [3.63, 3.8) is 0 Å². The van der Waals surface area contributed by atoms with Gasteiger partial charge in [-0.25, -0.2) is 0 Å². The van der Waals surface area contributed by atoms with E-state index in [1.165, 1.54) is 11.1 Å². The number of hydrogen-bond donors (Lipinski definition) is 0. The van der Waals surface area contributed by atoms with E-state index in [-0.39, 0.29) is 10.8 Å². The summed E-state index contributed by atoms with van der Waals surface area (Å²) in [4.78, 5) is 8.28. The lowest BCUT2D eigenvalue weighted by molar-refractivity contribution is 0.590. The highest BCUT2D eigenvalue weighted by molar-refractivity contribution is 5.79. The lowest BCUT2D eigenvalue weighted by atomic mass is 9.86. The summed E-state index contributed by atoms with van der Waals surface area (Å²) >= 11 is 0. The molecule has 0 aliphatic rings. The Balaban J connectivity index is 1.60. The van der Waals surface area contributed by atoms with E-state index >= 15 is 0 Å². The SMILES string of the molecule is CC(C)(C)c1ccc(/C=C/c2cc(C#Cc3ccncc3)c(/C=C/c3ccc(C(C)(C)C)cc3)cc2C#Cc2ccncc2)cc1. The number of hydrogen-bond acceptors (Lipinski definition) is 2. The fraction of sp³-hybridized carbons (Fsp3) is 0.182. The maximum Gasteiger partial charge on any atom is 0.0328 e. The zero-order valence-electron chi connectivity index (χ0n) is 27.6. The van der Waals surface area contributed by atoms with Crippen LogP contribution in [0.4, 0.5) is 0 Å². The summed E-state index contributed by atoms with van der Waals surface area (Å²) in [7, 11) is 0. The lowest BCUT2D eigenvalue weighted by Gasteiger charge is -2.18. The lowest BCUT2D eigenvalue weighted by Crippen LogP contribution is -2.10. The Morgan fingerprint density at radius 3 is 1.11 bits per heavy atom. The molecule has 0 aliphatic heterocycles. The van der Waals surface area contributed by atoms with Crippen molar-refractivity contribution in [3.05, 3.63) is 165 Å². The van der Waals surface area contributed by atoms with E-state index in [2.05, 4.69) is 160 Å². The molecule has 0 atom stereocenters. The first-order valence-corrected chi connectivity index (χ1v) is 15.6. The van der Waals surface area contributed by atoms with Crippen LogP contribution in [0.3, 0.4) is 0 Å². The summed E-state index contributed by atoms with van der Waals surface area (Å²) in [5.41, 5.74) is 10.8. The Hall–Kier alpha value is -5.44. The van der Waals surface area contributed by atoms with Gasteiger partial charge in [-0.15, -0.1) is 0 Å².